The van der Waals surface area contributed by atoms with Gasteiger partial charge in [-0.05, 0) is 44.4 Å². The Bertz CT molecular complexity index is 767. The van der Waals surface area contributed by atoms with Crippen LogP contribution in [-0.4, -0.2) is 78.7 Å². The maximum absolute atomic E-state index is 12.9. The zero-order chi connectivity index (χ0) is 18.9. The van der Waals surface area contributed by atoms with Crippen LogP contribution in [0, 0.1) is 0 Å². The molecule has 0 N–H and O–H groups in total. The van der Waals surface area contributed by atoms with Gasteiger partial charge in [0.2, 0.25) is 11.0 Å². The smallest absolute Gasteiger partial charge is 0.276 e. The maximum Gasteiger partial charge on any atom is 0.276 e. The number of rotatable bonds is 5. The van der Waals surface area contributed by atoms with E-state index in [2.05, 4.69) is 4.90 Å². The topological polar surface area (TPSA) is 74.1 Å². The maximum atomic E-state index is 12.9. The van der Waals surface area contributed by atoms with Crippen LogP contribution in [0.1, 0.15) is 31.4 Å². The van der Waals surface area contributed by atoms with Crippen molar-refractivity contribution >= 4 is 27.7 Å². The molecule has 27 heavy (non-hydrogen) atoms. The monoisotopic (exact) mass is 413 g/mol. The van der Waals surface area contributed by atoms with Crippen LogP contribution in [0.5, 0.6) is 0 Å². The molecule has 9 heteroatoms. The third-order valence-corrected chi connectivity index (χ3v) is 8.34. The van der Waals surface area contributed by atoms with E-state index in [1.807, 2.05) is 16.7 Å². The van der Waals surface area contributed by atoms with Gasteiger partial charge in [-0.25, -0.2) is 8.42 Å². The van der Waals surface area contributed by atoms with E-state index in [9.17, 15) is 13.2 Å². The summed E-state index contributed by atoms with van der Waals surface area (Å²) >= 11 is 1.89. The van der Waals surface area contributed by atoms with E-state index >= 15 is 0 Å². The minimum atomic E-state index is -3.53. The Labute approximate surface area is 165 Å². The molecule has 3 aliphatic heterocycles. The van der Waals surface area contributed by atoms with E-state index in [0.717, 1.165) is 56.8 Å². The first-order valence-electron chi connectivity index (χ1n) is 9.75. The zero-order valence-corrected chi connectivity index (χ0v) is 17.1. The summed E-state index contributed by atoms with van der Waals surface area (Å²) in [4.78, 5) is 17.0. The van der Waals surface area contributed by atoms with E-state index in [4.69, 9.17) is 4.42 Å². The van der Waals surface area contributed by atoms with Crippen molar-refractivity contribution in [3.63, 3.8) is 0 Å². The summed E-state index contributed by atoms with van der Waals surface area (Å²) in [7, 11) is -3.53. The summed E-state index contributed by atoms with van der Waals surface area (Å²) in [6, 6.07) is 3.18. The van der Waals surface area contributed by atoms with E-state index < -0.39 is 10.0 Å². The first-order chi connectivity index (χ1) is 13.1. The summed E-state index contributed by atoms with van der Waals surface area (Å²) in [5.41, 5.74) is 0. The normalized spacial score (nSPS) is 25.3. The molecule has 0 saturated carbocycles. The molecule has 3 saturated heterocycles. The average molecular weight is 414 g/mol. The summed E-state index contributed by atoms with van der Waals surface area (Å²) in [5, 5.41) is 0.0227. The molecule has 1 aromatic heterocycles. The lowest BCUT2D eigenvalue weighted by Crippen LogP contribution is -2.48. The van der Waals surface area contributed by atoms with Crippen LogP contribution in [0.3, 0.4) is 0 Å². The van der Waals surface area contributed by atoms with Gasteiger partial charge in [0, 0.05) is 37.7 Å². The minimum Gasteiger partial charge on any atom is -0.447 e. The van der Waals surface area contributed by atoms with E-state index in [1.165, 1.54) is 4.31 Å². The summed E-state index contributed by atoms with van der Waals surface area (Å²) in [6.07, 6.45) is 3.65. The molecule has 3 fully saturated rings. The number of likely N-dealkylation sites (tertiary alicyclic amines) is 1. The molecule has 1 atom stereocenters. The molecule has 4 rings (SSSR count). The fourth-order valence-electron chi connectivity index (χ4n) is 4.13. The van der Waals surface area contributed by atoms with Crippen molar-refractivity contribution < 1.29 is 17.6 Å². The van der Waals surface area contributed by atoms with Gasteiger partial charge in [0.25, 0.3) is 10.0 Å². The Kier molecular flexibility index (Phi) is 5.82. The van der Waals surface area contributed by atoms with Crippen molar-refractivity contribution in [2.45, 2.75) is 43.4 Å². The molecule has 1 unspecified atom stereocenters. The highest BCUT2D eigenvalue weighted by molar-refractivity contribution is 7.99. The van der Waals surface area contributed by atoms with Crippen molar-refractivity contribution in [1.29, 1.82) is 0 Å². The van der Waals surface area contributed by atoms with Crippen LogP contribution in [0.25, 0.3) is 0 Å². The average Bonchev–Trinajstić information content (AvgIpc) is 3.44. The number of furan rings is 1. The number of nitrogens with zero attached hydrogens (tertiary/aromatic N) is 3. The third kappa shape index (κ3) is 4.06. The Balaban J connectivity index is 1.42. The lowest BCUT2D eigenvalue weighted by Gasteiger charge is -2.32. The molecule has 1 aromatic rings. The molecule has 0 radical (unpaired) electrons. The second kappa shape index (κ2) is 8.14. The molecule has 7 nitrogen and oxygen atoms in total. The molecule has 150 valence electrons. The molecule has 1 amide bonds. The van der Waals surface area contributed by atoms with Crippen molar-refractivity contribution in [3.8, 4) is 0 Å². The highest BCUT2D eigenvalue weighted by Gasteiger charge is 2.35. The second-order valence-electron chi connectivity index (χ2n) is 7.40. The summed E-state index contributed by atoms with van der Waals surface area (Å²) in [6.45, 7) is 4.10. The number of hydrogen-bond acceptors (Lipinski definition) is 6. The number of carbonyl (C=O) groups excluding carboxylic acids is 1. The van der Waals surface area contributed by atoms with Gasteiger partial charge in [-0.1, -0.05) is 0 Å². The molecule has 0 aliphatic carbocycles. The Morgan fingerprint density at radius 1 is 1.07 bits per heavy atom. The van der Waals surface area contributed by atoms with E-state index in [1.54, 1.807) is 12.1 Å². The van der Waals surface area contributed by atoms with Gasteiger partial charge in [-0.2, -0.15) is 16.1 Å². The fraction of sp³-hybridized carbons (Fsp3) is 0.722. The lowest BCUT2D eigenvalue weighted by molar-refractivity contribution is -0.135. The van der Waals surface area contributed by atoms with Gasteiger partial charge < -0.3 is 9.32 Å². The molecule has 3 aliphatic rings. The van der Waals surface area contributed by atoms with Gasteiger partial charge in [-0.15, -0.1) is 0 Å². The predicted octanol–water partition coefficient (Wildman–Crippen LogP) is 1.60. The highest BCUT2D eigenvalue weighted by atomic mass is 32.2. The number of carbonyl (C=O) groups is 1. The van der Waals surface area contributed by atoms with Crippen LogP contribution < -0.4 is 0 Å². The Morgan fingerprint density at radius 3 is 2.56 bits per heavy atom. The first-order valence-corrected chi connectivity index (χ1v) is 12.3. The molecule has 0 spiro atoms. The van der Waals surface area contributed by atoms with Crippen molar-refractivity contribution in [2.75, 3.05) is 44.2 Å². The summed E-state index contributed by atoms with van der Waals surface area (Å²) < 4.78 is 32.4. The molecular weight excluding hydrogens is 386 g/mol. The minimum absolute atomic E-state index is 0.0227. The largest absolute Gasteiger partial charge is 0.447 e. The van der Waals surface area contributed by atoms with Crippen LogP contribution in [-0.2, 0) is 21.4 Å². The summed E-state index contributed by atoms with van der Waals surface area (Å²) in [5.74, 6) is 2.84. The number of hydrogen-bond donors (Lipinski definition) is 0. The van der Waals surface area contributed by atoms with Crippen molar-refractivity contribution in [1.82, 2.24) is 14.1 Å². The highest BCUT2D eigenvalue weighted by Crippen LogP contribution is 2.26. The molecule has 0 aromatic carbocycles. The van der Waals surface area contributed by atoms with Gasteiger partial charge in [-0.3, -0.25) is 9.69 Å². The fourth-order valence-corrected chi connectivity index (χ4v) is 6.48. The van der Waals surface area contributed by atoms with Gasteiger partial charge in [0.05, 0.1) is 12.6 Å². The molecular formula is C18H27N3O4S2. The number of sulfonamides is 1. The van der Waals surface area contributed by atoms with Gasteiger partial charge in [0.15, 0.2) is 0 Å². The Hall–Kier alpha value is -1.03. The predicted molar refractivity (Wildman–Crippen MR) is 104 cm³/mol. The standard InChI is InChI=1S/C18H27N3O4S2/c22-18(19-10-12-26-13-11-19)16-4-3-7-20(16)14-15-5-6-17(25-15)27(23,24)21-8-1-2-9-21/h5-6,16H,1-4,7-14H2. The van der Waals surface area contributed by atoms with Crippen LogP contribution >= 0.6 is 11.8 Å². The second-order valence-corrected chi connectivity index (χ2v) is 10.5. The Morgan fingerprint density at radius 2 is 1.81 bits per heavy atom. The van der Waals surface area contributed by atoms with E-state index in [-0.39, 0.29) is 17.0 Å². The van der Waals surface area contributed by atoms with Crippen molar-refractivity contribution in [3.05, 3.63) is 17.9 Å². The van der Waals surface area contributed by atoms with Crippen LogP contribution in [0.15, 0.2) is 21.6 Å². The zero-order valence-electron chi connectivity index (χ0n) is 15.5. The van der Waals surface area contributed by atoms with Gasteiger partial charge in [0.1, 0.15) is 5.76 Å². The van der Waals surface area contributed by atoms with Crippen molar-refractivity contribution in [2.24, 2.45) is 0 Å². The number of thioether (sulfide) groups is 1. The molecule has 4 heterocycles. The van der Waals surface area contributed by atoms with E-state index in [0.29, 0.717) is 25.4 Å². The SMILES string of the molecule is O=C(C1CCCN1Cc1ccc(S(=O)(=O)N2CCCC2)o1)N1CCSCC1. The molecule has 0 bridgehead atoms. The van der Waals surface area contributed by atoms with Crippen LogP contribution in [0.4, 0.5) is 0 Å². The first kappa shape index (κ1) is 19.3. The quantitative estimate of drug-likeness (QED) is 0.730. The van der Waals surface area contributed by atoms with Crippen LogP contribution in [0.2, 0.25) is 0 Å². The third-order valence-electron chi connectivity index (χ3n) is 5.63. The van der Waals surface area contributed by atoms with Gasteiger partial charge >= 0.3 is 0 Å². The lowest BCUT2D eigenvalue weighted by atomic mass is 10.2. The number of amides is 1.